The molecule has 3 heteroatoms. The van der Waals surface area contributed by atoms with E-state index in [0.29, 0.717) is 0 Å². The second kappa shape index (κ2) is 3.54. The molecule has 14 heavy (non-hydrogen) atoms. The number of carbonyl (C=O) groups is 1. The fourth-order valence-electron chi connectivity index (χ4n) is 1.47. The first-order chi connectivity index (χ1) is 6.81. The van der Waals surface area contributed by atoms with Crippen LogP contribution in [0.25, 0.3) is 10.9 Å². The Labute approximate surface area is 82.1 Å². The van der Waals surface area contributed by atoms with Crippen molar-refractivity contribution in [3.05, 3.63) is 30.5 Å². The Kier molecular flexibility index (Phi) is 2.23. The van der Waals surface area contributed by atoms with Gasteiger partial charge < -0.3 is 15.1 Å². The largest absolute Gasteiger partial charge is 0.374 e. The lowest BCUT2D eigenvalue weighted by atomic mass is 10.2. The summed E-state index contributed by atoms with van der Waals surface area (Å²) in [4.78, 5) is 13.6. The summed E-state index contributed by atoms with van der Waals surface area (Å²) in [5.74, 6) is 0. The van der Waals surface area contributed by atoms with Gasteiger partial charge in [0.05, 0.1) is 11.7 Å². The Morgan fingerprint density at radius 2 is 2.21 bits per heavy atom. The highest BCUT2D eigenvalue weighted by Crippen LogP contribution is 2.22. The lowest BCUT2D eigenvalue weighted by Crippen LogP contribution is -2.15. The summed E-state index contributed by atoms with van der Waals surface area (Å²) in [5.41, 5.74) is 2.05. The van der Waals surface area contributed by atoms with Crippen molar-refractivity contribution < 1.29 is 4.79 Å². The van der Waals surface area contributed by atoms with Crippen LogP contribution in [0.15, 0.2) is 30.5 Å². The van der Waals surface area contributed by atoms with Crippen molar-refractivity contribution in [3.8, 4) is 0 Å². The van der Waals surface area contributed by atoms with Crippen molar-refractivity contribution in [1.29, 1.82) is 0 Å². The highest BCUT2D eigenvalue weighted by molar-refractivity contribution is 5.93. The number of aldehydes is 1. The number of fused-ring (bicyclic) bond motifs is 1. The molecule has 2 rings (SSSR count). The number of aromatic nitrogens is 1. The lowest BCUT2D eigenvalue weighted by molar-refractivity contribution is -0.108. The molecule has 72 valence electrons. The van der Waals surface area contributed by atoms with E-state index in [2.05, 4.69) is 10.3 Å². The van der Waals surface area contributed by atoms with Gasteiger partial charge in [-0.3, -0.25) is 0 Å². The van der Waals surface area contributed by atoms with Crippen LogP contribution in [0.2, 0.25) is 0 Å². The molecule has 0 aliphatic heterocycles. The number of rotatable bonds is 3. The molecule has 1 atom stereocenters. The minimum absolute atomic E-state index is 0.158. The van der Waals surface area contributed by atoms with Crippen LogP contribution in [0.3, 0.4) is 0 Å². The lowest BCUT2D eigenvalue weighted by Gasteiger charge is -2.06. The molecule has 0 aliphatic rings. The first-order valence-corrected chi connectivity index (χ1v) is 4.59. The van der Waals surface area contributed by atoms with Gasteiger partial charge in [0.2, 0.25) is 0 Å². The van der Waals surface area contributed by atoms with Gasteiger partial charge in [0.15, 0.2) is 0 Å². The molecule has 3 nitrogen and oxygen atoms in total. The van der Waals surface area contributed by atoms with Crippen molar-refractivity contribution in [3.63, 3.8) is 0 Å². The zero-order chi connectivity index (χ0) is 9.97. The standard InChI is InChI=1S/C11H12N2O/c1-8(7-14)13-11-6-12-10-5-3-2-4-9(10)11/h2-8,12-13H,1H3. The molecule has 1 aromatic carbocycles. The van der Waals surface area contributed by atoms with Crippen LogP contribution in [-0.2, 0) is 4.79 Å². The molecule has 0 bridgehead atoms. The summed E-state index contributed by atoms with van der Waals surface area (Å²) in [6.07, 6.45) is 2.77. The third-order valence-electron chi connectivity index (χ3n) is 2.18. The average Bonchev–Trinajstić information content (AvgIpc) is 2.62. The van der Waals surface area contributed by atoms with Gasteiger partial charge in [0, 0.05) is 17.1 Å². The molecule has 1 heterocycles. The summed E-state index contributed by atoms with van der Waals surface area (Å²) in [6.45, 7) is 1.83. The van der Waals surface area contributed by atoms with Gasteiger partial charge >= 0.3 is 0 Å². The van der Waals surface area contributed by atoms with E-state index in [-0.39, 0.29) is 6.04 Å². The van der Waals surface area contributed by atoms with Crippen LogP contribution in [0.5, 0.6) is 0 Å². The summed E-state index contributed by atoms with van der Waals surface area (Å²) < 4.78 is 0. The monoisotopic (exact) mass is 188 g/mol. The van der Waals surface area contributed by atoms with Crippen molar-refractivity contribution in [2.45, 2.75) is 13.0 Å². The number of carbonyl (C=O) groups excluding carboxylic acids is 1. The van der Waals surface area contributed by atoms with E-state index in [9.17, 15) is 4.79 Å². The van der Waals surface area contributed by atoms with Gasteiger partial charge in [-0.1, -0.05) is 18.2 Å². The molecular formula is C11H12N2O. The van der Waals surface area contributed by atoms with E-state index in [1.54, 1.807) is 0 Å². The topological polar surface area (TPSA) is 44.9 Å². The van der Waals surface area contributed by atoms with E-state index < -0.39 is 0 Å². The predicted molar refractivity (Wildman–Crippen MR) is 57.4 cm³/mol. The molecule has 2 aromatic rings. The Balaban J connectivity index is 2.38. The van der Waals surface area contributed by atoms with Crippen LogP contribution in [0.1, 0.15) is 6.92 Å². The first kappa shape index (κ1) is 8.81. The van der Waals surface area contributed by atoms with Gasteiger partial charge in [-0.25, -0.2) is 0 Å². The summed E-state index contributed by atoms with van der Waals surface area (Å²) >= 11 is 0. The van der Waals surface area contributed by atoms with Gasteiger partial charge in [-0.15, -0.1) is 0 Å². The van der Waals surface area contributed by atoms with E-state index >= 15 is 0 Å². The maximum Gasteiger partial charge on any atom is 0.141 e. The SMILES string of the molecule is CC(C=O)Nc1c[nH]c2ccccc12. The maximum absolute atomic E-state index is 10.5. The predicted octanol–water partition coefficient (Wildman–Crippen LogP) is 2.17. The second-order valence-corrected chi connectivity index (χ2v) is 3.32. The van der Waals surface area contributed by atoms with Crippen LogP contribution in [0, 0.1) is 0 Å². The molecular weight excluding hydrogens is 176 g/mol. The highest BCUT2D eigenvalue weighted by Gasteiger charge is 2.04. The van der Waals surface area contributed by atoms with Crippen LogP contribution < -0.4 is 5.32 Å². The highest BCUT2D eigenvalue weighted by atomic mass is 16.1. The van der Waals surface area contributed by atoms with Gasteiger partial charge in [0.25, 0.3) is 0 Å². The fraction of sp³-hybridized carbons (Fsp3) is 0.182. The molecule has 1 aromatic heterocycles. The van der Waals surface area contributed by atoms with Gasteiger partial charge in [0.1, 0.15) is 6.29 Å². The molecule has 0 amide bonds. The van der Waals surface area contributed by atoms with Crippen molar-refractivity contribution in [2.75, 3.05) is 5.32 Å². The van der Waals surface area contributed by atoms with Crippen molar-refractivity contribution in [2.24, 2.45) is 0 Å². The second-order valence-electron chi connectivity index (χ2n) is 3.32. The first-order valence-electron chi connectivity index (χ1n) is 4.59. The van der Waals surface area contributed by atoms with E-state index in [4.69, 9.17) is 0 Å². The molecule has 2 N–H and O–H groups in total. The summed E-state index contributed by atoms with van der Waals surface area (Å²) in [7, 11) is 0. The van der Waals surface area contributed by atoms with E-state index in [1.807, 2.05) is 37.4 Å². The Hall–Kier alpha value is -1.77. The summed E-state index contributed by atoms with van der Waals surface area (Å²) in [6, 6.07) is 7.82. The smallest absolute Gasteiger partial charge is 0.141 e. The maximum atomic E-state index is 10.5. The Morgan fingerprint density at radius 1 is 1.43 bits per heavy atom. The van der Waals surface area contributed by atoms with Crippen molar-refractivity contribution in [1.82, 2.24) is 4.98 Å². The number of para-hydroxylation sites is 1. The third-order valence-corrected chi connectivity index (χ3v) is 2.18. The van der Waals surface area contributed by atoms with E-state index in [0.717, 1.165) is 22.9 Å². The number of anilines is 1. The zero-order valence-electron chi connectivity index (χ0n) is 7.95. The molecule has 0 saturated carbocycles. The van der Waals surface area contributed by atoms with Gasteiger partial charge in [-0.2, -0.15) is 0 Å². The average molecular weight is 188 g/mol. The zero-order valence-corrected chi connectivity index (χ0v) is 7.95. The normalized spacial score (nSPS) is 12.6. The van der Waals surface area contributed by atoms with Crippen LogP contribution >= 0.6 is 0 Å². The van der Waals surface area contributed by atoms with Crippen LogP contribution in [-0.4, -0.2) is 17.3 Å². The molecule has 0 aliphatic carbocycles. The minimum atomic E-state index is -0.158. The van der Waals surface area contributed by atoms with Crippen molar-refractivity contribution >= 4 is 22.9 Å². The Bertz CT molecular complexity index is 447. The number of H-pyrrole nitrogens is 1. The Morgan fingerprint density at radius 3 is 3.00 bits per heavy atom. The van der Waals surface area contributed by atoms with Gasteiger partial charge in [-0.05, 0) is 13.0 Å². The number of benzene rings is 1. The molecule has 0 fully saturated rings. The summed E-state index contributed by atoms with van der Waals surface area (Å²) in [5, 5.41) is 4.23. The number of hydrogen-bond donors (Lipinski definition) is 2. The fourth-order valence-corrected chi connectivity index (χ4v) is 1.47. The van der Waals surface area contributed by atoms with Crippen LogP contribution in [0.4, 0.5) is 5.69 Å². The van der Waals surface area contributed by atoms with E-state index in [1.165, 1.54) is 0 Å². The quantitative estimate of drug-likeness (QED) is 0.725. The number of aromatic amines is 1. The third kappa shape index (κ3) is 1.48. The number of nitrogens with one attached hydrogen (secondary N) is 2. The molecule has 0 saturated heterocycles. The minimum Gasteiger partial charge on any atom is -0.374 e. The molecule has 1 unspecified atom stereocenters. The molecule has 0 spiro atoms. The molecule has 0 radical (unpaired) electrons. The number of hydrogen-bond acceptors (Lipinski definition) is 2.